The molecule has 0 bridgehead atoms. The zero-order valence-electron chi connectivity index (χ0n) is 13.4. The Hall–Kier alpha value is -2.28. The molecule has 0 aromatic heterocycles. The maximum absolute atomic E-state index is 13.7. The van der Waals surface area contributed by atoms with Gasteiger partial charge in [0.2, 0.25) is 0 Å². The van der Waals surface area contributed by atoms with Gasteiger partial charge in [-0.2, -0.15) is 0 Å². The van der Waals surface area contributed by atoms with Gasteiger partial charge in [-0.05, 0) is 43.2 Å². The Morgan fingerprint density at radius 3 is 2.56 bits per heavy atom. The van der Waals surface area contributed by atoms with Crippen molar-refractivity contribution in [1.82, 2.24) is 0 Å². The van der Waals surface area contributed by atoms with E-state index in [2.05, 4.69) is 21.2 Å². The third-order valence-electron chi connectivity index (χ3n) is 3.42. The summed E-state index contributed by atoms with van der Waals surface area (Å²) in [6.45, 7) is 1.38. The summed E-state index contributed by atoms with van der Waals surface area (Å²) in [6, 6.07) is 10.3. The number of esters is 1. The maximum Gasteiger partial charge on any atom is 0.306 e. The van der Waals surface area contributed by atoms with Crippen molar-refractivity contribution in [2.45, 2.75) is 25.9 Å². The molecular formula is C18H16BrF2NO3. The average molecular weight is 412 g/mol. The Morgan fingerprint density at radius 1 is 1.16 bits per heavy atom. The van der Waals surface area contributed by atoms with Crippen molar-refractivity contribution in [3.8, 4) is 0 Å². The second-order valence-electron chi connectivity index (χ2n) is 5.34. The third kappa shape index (κ3) is 5.63. The summed E-state index contributed by atoms with van der Waals surface area (Å²) in [5.74, 6) is -2.30. The summed E-state index contributed by atoms with van der Waals surface area (Å²) >= 11 is 3.12. The summed E-state index contributed by atoms with van der Waals surface area (Å²) in [5.41, 5.74) is 0.385. The molecule has 2 aromatic rings. The molecule has 0 fully saturated rings. The molecule has 1 atom stereocenters. The van der Waals surface area contributed by atoms with Gasteiger partial charge in [-0.25, -0.2) is 8.78 Å². The number of halogens is 3. The van der Waals surface area contributed by atoms with Crippen molar-refractivity contribution in [1.29, 1.82) is 0 Å². The lowest BCUT2D eigenvalue weighted by molar-refractivity contribution is -0.153. The predicted molar refractivity (Wildman–Crippen MR) is 93.0 cm³/mol. The first kappa shape index (κ1) is 19.1. The molecule has 1 N–H and O–H groups in total. The van der Waals surface area contributed by atoms with Crippen molar-refractivity contribution < 1.29 is 23.1 Å². The number of carbonyl (C=O) groups is 2. The molecular weight excluding hydrogens is 396 g/mol. The molecule has 0 saturated carbocycles. The van der Waals surface area contributed by atoms with Crippen LogP contribution in [0.2, 0.25) is 0 Å². The first-order valence-electron chi connectivity index (χ1n) is 7.55. The topological polar surface area (TPSA) is 55.4 Å². The maximum atomic E-state index is 13.7. The highest BCUT2D eigenvalue weighted by atomic mass is 79.9. The molecule has 2 aromatic carbocycles. The lowest BCUT2D eigenvalue weighted by Gasteiger charge is -2.14. The summed E-state index contributed by atoms with van der Waals surface area (Å²) < 4.78 is 32.7. The van der Waals surface area contributed by atoms with Crippen LogP contribution in [0.4, 0.5) is 14.5 Å². The zero-order chi connectivity index (χ0) is 18.4. The first-order valence-corrected chi connectivity index (χ1v) is 8.35. The predicted octanol–water partition coefficient (Wildman–Crippen LogP) is 4.23. The highest BCUT2D eigenvalue weighted by Crippen LogP contribution is 2.19. The number of aryl methyl sites for hydroxylation is 1. The van der Waals surface area contributed by atoms with Crippen LogP contribution >= 0.6 is 15.9 Å². The van der Waals surface area contributed by atoms with Crippen LogP contribution in [0.15, 0.2) is 46.9 Å². The lowest BCUT2D eigenvalue weighted by Crippen LogP contribution is -2.30. The Kier molecular flexibility index (Phi) is 6.64. The van der Waals surface area contributed by atoms with Crippen LogP contribution in [-0.2, 0) is 20.7 Å². The molecule has 0 saturated heterocycles. The number of nitrogens with one attached hydrogen (secondary N) is 1. The van der Waals surface area contributed by atoms with E-state index in [1.807, 2.05) is 0 Å². The lowest BCUT2D eigenvalue weighted by atomic mass is 10.1. The van der Waals surface area contributed by atoms with Crippen molar-refractivity contribution in [2.75, 3.05) is 5.32 Å². The molecule has 0 unspecified atom stereocenters. The van der Waals surface area contributed by atoms with E-state index in [1.165, 1.54) is 25.1 Å². The van der Waals surface area contributed by atoms with Gasteiger partial charge >= 0.3 is 5.97 Å². The monoisotopic (exact) mass is 411 g/mol. The van der Waals surface area contributed by atoms with Crippen molar-refractivity contribution in [2.24, 2.45) is 0 Å². The minimum absolute atomic E-state index is 0.0116. The summed E-state index contributed by atoms with van der Waals surface area (Å²) in [5, 5.41) is 2.35. The van der Waals surface area contributed by atoms with Crippen LogP contribution in [0, 0.1) is 11.6 Å². The molecule has 1 amide bonds. The minimum atomic E-state index is -1.10. The number of benzene rings is 2. The molecule has 7 heteroatoms. The fourth-order valence-corrected chi connectivity index (χ4v) is 2.41. The zero-order valence-corrected chi connectivity index (χ0v) is 15.0. The molecule has 0 radical (unpaired) electrons. The van der Waals surface area contributed by atoms with E-state index in [4.69, 9.17) is 4.74 Å². The Bertz CT molecular complexity index is 783. The summed E-state index contributed by atoms with van der Waals surface area (Å²) in [7, 11) is 0. The number of anilines is 1. The van der Waals surface area contributed by atoms with Gasteiger partial charge in [-0.3, -0.25) is 9.59 Å². The number of rotatable bonds is 6. The second-order valence-corrected chi connectivity index (χ2v) is 6.25. The average Bonchev–Trinajstić information content (AvgIpc) is 2.56. The van der Waals surface area contributed by atoms with Gasteiger partial charge in [0.05, 0.1) is 5.69 Å². The van der Waals surface area contributed by atoms with Crippen LogP contribution in [0.1, 0.15) is 18.9 Å². The molecule has 2 rings (SSSR count). The minimum Gasteiger partial charge on any atom is -0.453 e. The molecule has 0 aliphatic rings. The molecule has 0 heterocycles. The molecule has 0 aliphatic carbocycles. The van der Waals surface area contributed by atoms with E-state index in [0.717, 1.165) is 0 Å². The number of ether oxygens (including phenoxy) is 1. The summed E-state index contributed by atoms with van der Waals surface area (Å²) in [6.07, 6.45) is -0.997. The number of hydrogen-bond acceptors (Lipinski definition) is 3. The van der Waals surface area contributed by atoms with E-state index < -0.39 is 29.6 Å². The SMILES string of the molecule is C[C@@H](OC(=O)CCc1ccccc1F)C(=O)Nc1ccc(Br)cc1F. The Morgan fingerprint density at radius 2 is 1.88 bits per heavy atom. The van der Waals surface area contributed by atoms with Crippen molar-refractivity contribution >= 4 is 33.5 Å². The van der Waals surface area contributed by atoms with E-state index in [1.54, 1.807) is 24.3 Å². The van der Waals surface area contributed by atoms with Crippen LogP contribution in [0.3, 0.4) is 0 Å². The van der Waals surface area contributed by atoms with Gasteiger partial charge in [-0.1, -0.05) is 34.1 Å². The normalized spacial score (nSPS) is 11.7. The van der Waals surface area contributed by atoms with Gasteiger partial charge in [0.25, 0.3) is 5.91 Å². The standard InChI is InChI=1S/C18H16BrF2NO3/c1-11(18(24)22-16-8-7-13(19)10-15(16)21)25-17(23)9-6-12-4-2-3-5-14(12)20/h2-5,7-8,10-11H,6,9H2,1H3,(H,22,24)/t11-/m1/s1. The first-order chi connectivity index (χ1) is 11.9. The van der Waals surface area contributed by atoms with Crippen molar-refractivity contribution in [3.63, 3.8) is 0 Å². The van der Waals surface area contributed by atoms with Crippen LogP contribution < -0.4 is 5.32 Å². The van der Waals surface area contributed by atoms with Gasteiger partial charge in [0, 0.05) is 10.9 Å². The Labute approximate surface area is 152 Å². The van der Waals surface area contributed by atoms with E-state index in [-0.39, 0.29) is 18.5 Å². The third-order valence-corrected chi connectivity index (χ3v) is 3.92. The second kappa shape index (κ2) is 8.71. The van der Waals surface area contributed by atoms with E-state index >= 15 is 0 Å². The largest absolute Gasteiger partial charge is 0.453 e. The highest BCUT2D eigenvalue weighted by Gasteiger charge is 2.19. The smallest absolute Gasteiger partial charge is 0.306 e. The highest BCUT2D eigenvalue weighted by molar-refractivity contribution is 9.10. The van der Waals surface area contributed by atoms with Crippen LogP contribution in [0.5, 0.6) is 0 Å². The summed E-state index contributed by atoms with van der Waals surface area (Å²) in [4.78, 5) is 23.8. The quantitative estimate of drug-likeness (QED) is 0.723. The van der Waals surface area contributed by atoms with Gasteiger partial charge in [0.15, 0.2) is 6.10 Å². The van der Waals surface area contributed by atoms with Crippen LogP contribution in [-0.4, -0.2) is 18.0 Å². The molecule has 0 aliphatic heterocycles. The molecule has 4 nitrogen and oxygen atoms in total. The van der Waals surface area contributed by atoms with Crippen LogP contribution in [0.25, 0.3) is 0 Å². The van der Waals surface area contributed by atoms with E-state index in [9.17, 15) is 18.4 Å². The Balaban J connectivity index is 1.85. The molecule has 25 heavy (non-hydrogen) atoms. The molecule has 0 spiro atoms. The van der Waals surface area contributed by atoms with Gasteiger partial charge < -0.3 is 10.1 Å². The van der Waals surface area contributed by atoms with E-state index in [0.29, 0.717) is 10.0 Å². The fourth-order valence-electron chi connectivity index (χ4n) is 2.07. The van der Waals surface area contributed by atoms with Gasteiger partial charge in [-0.15, -0.1) is 0 Å². The number of amides is 1. The molecule has 132 valence electrons. The number of carbonyl (C=O) groups excluding carboxylic acids is 2. The number of hydrogen-bond donors (Lipinski definition) is 1. The van der Waals surface area contributed by atoms with Crippen molar-refractivity contribution in [3.05, 3.63) is 64.1 Å². The van der Waals surface area contributed by atoms with Gasteiger partial charge in [0.1, 0.15) is 11.6 Å². The fraction of sp³-hybridized carbons (Fsp3) is 0.222.